The normalized spacial score (nSPS) is 23.5. The molecule has 2 aliphatic heterocycles. The van der Waals surface area contributed by atoms with E-state index in [9.17, 15) is 9.18 Å². The Hall–Kier alpha value is -2.48. The van der Waals surface area contributed by atoms with Crippen LogP contribution in [-0.4, -0.2) is 46.4 Å². The first kappa shape index (κ1) is 19.5. The van der Waals surface area contributed by atoms with Gasteiger partial charge < -0.3 is 19.5 Å². The number of nitrogens with zero attached hydrogens (tertiary/aromatic N) is 3. The summed E-state index contributed by atoms with van der Waals surface area (Å²) in [5, 5.41) is 6.80. The Morgan fingerprint density at radius 1 is 1.23 bits per heavy atom. The van der Waals surface area contributed by atoms with Crippen molar-refractivity contribution in [1.29, 1.82) is 0 Å². The predicted octanol–water partition coefficient (Wildman–Crippen LogP) is 4.12. The van der Waals surface area contributed by atoms with Crippen molar-refractivity contribution in [3.8, 4) is 0 Å². The maximum atomic E-state index is 13.8. The van der Waals surface area contributed by atoms with Crippen molar-refractivity contribution in [3.05, 3.63) is 41.8 Å². The molecule has 7 nitrogen and oxygen atoms in total. The summed E-state index contributed by atoms with van der Waals surface area (Å²) in [4.78, 5) is 18.9. The van der Waals surface area contributed by atoms with E-state index in [0.717, 1.165) is 50.4 Å². The second-order valence-corrected chi connectivity index (χ2v) is 8.81. The van der Waals surface area contributed by atoms with Crippen molar-refractivity contribution in [1.82, 2.24) is 15.0 Å². The van der Waals surface area contributed by atoms with Gasteiger partial charge in [-0.25, -0.2) is 9.18 Å². The molecular formula is C22H27FN4O3. The molecule has 1 N–H and O–H groups in total. The first-order valence-electron chi connectivity index (χ1n) is 10.9. The van der Waals surface area contributed by atoms with Crippen LogP contribution in [0.3, 0.4) is 0 Å². The number of urea groups is 1. The quantitative estimate of drug-likeness (QED) is 0.814. The highest BCUT2D eigenvalue weighted by molar-refractivity contribution is 5.89. The number of hydrogen-bond acceptors (Lipinski definition) is 5. The minimum atomic E-state index is -0.427. The summed E-state index contributed by atoms with van der Waals surface area (Å²) in [5.74, 6) is 2.12. The molecule has 3 fully saturated rings. The first-order valence-corrected chi connectivity index (χ1v) is 10.9. The second kappa shape index (κ2) is 7.98. The summed E-state index contributed by atoms with van der Waals surface area (Å²) in [7, 11) is 0. The summed E-state index contributed by atoms with van der Waals surface area (Å²) in [6.45, 7) is 1.91. The number of aromatic nitrogens is 2. The summed E-state index contributed by atoms with van der Waals surface area (Å²) >= 11 is 0. The van der Waals surface area contributed by atoms with E-state index in [1.54, 1.807) is 23.1 Å². The summed E-state index contributed by atoms with van der Waals surface area (Å²) in [6.07, 6.45) is 6.62. The molecule has 160 valence electrons. The van der Waals surface area contributed by atoms with E-state index in [1.807, 2.05) is 0 Å². The third-order valence-electron chi connectivity index (χ3n) is 6.56. The van der Waals surface area contributed by atoms with Gasteiger partial charge in [0.1, 0.15) is 5.82 Å². The zero-order valence-electron chi connectivity index (χ0n) is 17.0. The minimum absolute atomic E-state index is 0.197. The molecule has 1 spiro atoms. The Morgan fingerprint density at radius 2 is 2.03 bits per heavy atom. The molecule has 2 aromatic rings. The van der Waals surface area contributed by atoms with Gasteiger partial charge in [-0.05, 0) is 56.6 Å². The number of nitrogens with one attached hydrogen (secondary N) is 1. The lowest BCUT2D eigenvalue weighted by Crippen LogP contribution is -2.51. The number of hydrogen-bond donors (Lipinski definition) is 1. The number of anilines is 1. The number of ether oxygens (including phenoxy) is 1. The Morgan fingerprint density at radius 3 is 2.80 bits per heavy atom. The van der Waals surface area contributed by atoms with Crippen LogP contribution in [0.25, 0.3) is 0 Å². The van der Waals surface area contributed by atoms with Crippen molar-refractivity contribution in [2.75, 3.05) is 25.0 Å². The lowest BCUT2D eigenvalue weighted by atomic mass is 9.78. The average molecular weight is 414 g/mol. The number of benzene rings is 1. The lowest BCUT2D eigenvalue weighted by molar-refractivity contribution is -0.123. The van der Waals surface area contributed by atoms with Crippen molar-refractivity contribution in [2.24, 2.45) is 5.92 Å². The van der Waals surface area contributed by atoms with Gasteiger partial charge >= 0.3 is 6.03 Å². The highest BCUT2D eigenvalue weighted by Crippen LogP contribution is 2.40. The molecule has 2 saturated heterocycles. The van der Waals surface area contributed by atoms with Crippen LogP contribution in [0.5, 0.6) is 0 Å². The zero-order valence-corrected chi connectivity index (χ0v) is 17.0. The van der Waals surface area contributed by atoms with Crippen molar-refractivity contribution in [2.45, 2.75) is 56.5 Å². The molecule has 1 aliphatic carbocycles. The predicted molar refractivity (Wildman–Crippen MR) is 108 cm³/mol. The topological polar surface area (TPSA) is 80.5 Å². The van der Waals surface area contributed by atoms with E-state index < -0.39 is 5.82 Å². The highest BCUT2D eigenvalue weighted by Gasteiger charge is 2.41. The van der Waals surface area contributed by atoms with Gasteiger partial charge in [0.25, 0.3) is 0 Å². The number of halogens is 1. The molecule has 5 rings (SSSR count). The summed E-state index contributed by atoms with van der Waals surface area (Å²) in [5.41, 5.74) is 0.0127. The third kappa shape index (κ3) is 4.19. The van der Waals surface area contributed by atoms with Crippen molar-refractivity contribution in [3.63, 3.8) is 0 Å². The fourth-order valence-electron chi connectivity index (χ4n) is 4.63. The molecule has 0 radical (unpaired) electrons. The molecule has 3 aliphatic rings. The number of para-hydroxylation sites is 1. The fourth-order valence-corrected chi connectivity index (χ4v) is 4.63. The minimum Gasteiger partial charge on any atom is -0.375 e. The van der Waals surface area contributed by atoms with Crippen molar-refractivity contribution < 1.29 is 18.4 Å². The largest absolute Gasteiger partial charge is 0.375 e. The maximum absolute atomic E-state index is 13.8. The molecule has 30 heavy (non-hydrogen) atoms. The van der Waals surface area contributed by atoms with Gasteiger partial charge in [-0.1, -0.05) is 17.3 Å². The Balaban J connectivity index is 1.15. The molecule has 1 saturated carbocycles. The van der Waals surface area contributed by atoms with Crippen LogP contribution in [0.15, 0.2) is 28.8 Å². The summed E-state index contributed by atoms with van der Waals surface area (Å²) < 4.78 is 25.5. The third-order valence-corrected chi connectivity index (χ3v) is 6.56. The molecule has 1 atom stereocenters. The van der Waals surface area contributed by atoms with E-state index in [2.05, 4.69) is 15.5 Å². The number of amides is 2. The highest BCUT2D eigenvalue weighted by atomic mass is 19.1. The van der Waals surface area contributed by atoms with Crippen LogP contribution >= 0.6 is 0 Å². The van der Waals surface area contributed by atoms with E-state index in [-0.39, 0.29) is 17.3 Å². The number of rotatable bonds is 4. The Kier molecular flexibility index (Phi) is 5.18. The van der Waals surface area contributed by atoms with Gasteiger partial charge in [0, 0.05) is 32.0 Å². The van der Waals surface area contributed by atoms with Gasteiger partial charge in [0.2, 0.25) is 5.89 Å². The number of carbonyl (C=O) groups is 1. The molecule has 1 unspecified atom stereocenters. The van der Waals surface area contributed by atoms with E-state index in [4.69, 9.17) is 9.26 Å². The Labute approximate surface area is 175 Å². The smallest absolute Gasteiger partial charge is 0.321 e. The molecule has 8 heteroatoms. The van der Waals surface area contributed by atoms with Gasteiger partial charge in [-0.15, -0.1) is 0 Å². The first-order chi connectivity index (χ1) is 14.6. The number of piperidine rings is 1. The molecule has 3 heterocycles. The SMILES string of the molecule is O=C(Nc1ccccc1F)N1CCC2(CC1)CC(Cc1nc(C3CC3)no1)CCO2. The van der Waals surface area contributed by atoms with Crippen LogP contribution in [0, 0.1) is 11.7 Å². The molecule has 1 aromatic heterocycles. The average Bonchev–Trinajstić information content (AvgIpc) is 3.50. The van der Waals surface area contributed by atoms with Crippen LogP contribution < -0.4 is 5.32 Å². The molecular weight excluding hydrogens is 387 g/mol. The number of likely N-dealkylation sites (tertiary alicyclic amines) is 1. The zero-order chi connectivity index (χ0) is 20.6. The second-order valence-electron chi connectivity index (χ2n) is 8.81. The number of carbonyl (C=O) groups excluding carboxylic acids is 1. The lowest BCUT2D eigenvalue weighted by Gasteiger charge is -2.46. The van der Waals surface area contributed by atoms with Gasteiger partial charge in [-0.2, -0.15) is 4.98 Å². The van der Waals surface area contributed by atoms with Gasteiger partial charge in [0.05, 0.1) is 11.3 Å². The molecule has 1 aromatic carbocycles. The monoisotopic (exact) mass is 414 g/mol. The van der Waals surface area contributed by atoms with Crippen LogP contribution in [0.2, 0.25) is 0 Å². The van der Waals surface area contributed by atoms with Gasteiger partial charge in [-0.3, -0.25) is 0 Å². The van der Waals surface area contributed by atoms with Crippen LogP contribution in [0.1, 0.15) is 56.2 Å². The van der Waals surface area contributed by atoms with E-state index in [1.165, 1.54) is 18.9 Å². The standard InChI is InChI=1S/C22H27FN4O3/c23-17-3-1-2-4-18(17)24-21(28)27-10-8-22(9-11-27)14-15(7-12-29-22)13-19-25-20(26-30-19)16-5-6-16/h1-4,15-16H,5-14H2,(H,24,28). The molecule has 0 bridgehead atoms. The van der Waals surface area contributed by atoms with Crippen LogP contribution in [0.4, 0.5) is 14.9 Å². The summed E-state index contributed by atoms with van der Waals surface area (Å²) in [6, 6.07) is 5.96. The molecule has 2 amide bonds. The van der Waals surface area contributed by atoms with Crippen molar-refractivity contribution >= 4 is 11.7 Å². The van der Waals surface area contributed by atoms with Gasteiger partial charge in [0.15, 0.2) is 5.82 Å². The maximum Gasteiger partial charge on any atom is 0.321 e. The fraction of sp³-hybridized carbons (Fsp3) is 0.591. The van der Waals surface area contributed by atoms with E-state index >= 15 is 0 Å². The Bertz CT molecular complexity index is 905. The van der Waals surface area contributed by atoms with E-state index in [0.29, 0.717) is 24.9 Å². The van der Waals surface area contributed by atoms with Crippen LogP contribution in [-0.2, 0) is 11.2 Å².